The molecule has 0 spiro atoms. The van der Waals surface area contributed by atoms with Crippen molar-refractivity contribution in [3.63, 3.8) is 0 Å². The molecule has 122 valence electrons. The number of nitrogens with one attached hydrogen (secondary N) is 1. The average Bonchev–Trinajstić information content (AvgIpc) is 2.95. The Hall–Kier alpha value is -2.02. The van der Waals surface area contributed by atoms with Crippen LogP contribution in [0.25, 0.3) is 0 Å². The predicted molar refractivity (Wildman–Crippen MR) is 103 cm³/mol. The van der Waals surface area contributed by atoms with Gasteiger partial charge in [-0.1, -0.05) is 29.0 Å². The van der Waals surface area contributed by atoms with E-state index in [0.717, 1.165) is 10.6 Å². The number of halogens is 1. The van der Waals surface area contributed by atoms with Gasteiger partial charge in [-0.25, -0.2) is 4.98 Å². The second kappa shape index (κ2) is 7.25. The van der Waals surface area contributed by atoms with E-state index in [-0.39, 0.29) is 11.6 Å². The lowest BCUT2D eigenvalue weighted by molar-refractivity contribution is 0.104. The van der Waals surface area contributed by atoms with Crippen LogP contribution in [-0.2, 0) is 0 Å². The van der Waals surface area contributed by atoms with Gasteiger partial charge in [0.05, 0.1) is 0 Å². The quantitative estimate of drug-likeness (QED) is 0.481. The van der Waals surface area contributed by atoms with Gasteiger partial charge in [0.25, 0.3) is 0 Å². The Morgan fingerprint density at radius 2 is 2.00 bits per heavy atom. The summed E-state index contributed by atoms with van der Waals surface area (Å²) < 4.78 is 0. The highest BCUT2D eigenvalue weighted by molar-refractivity contribution is 7.98. The predicted octanol–water partition coefficient (Wildman–Crippen LogP) is 5.08. The fraction of sp³-hybridized carbons (Fsp3) is 0.0588. The minimum absolute atomic E-state index is 0.160. The number of nitrogens with zero attached hydrogens (tertiary/aromatic N) is 1. The van der Waals surface area contributed by atoms with E-state index >= 15 is 0 Å². The molecule has 2 aromatic carbocycles. The maximum Gasteiger partial charge on any atom is 0.206 e. The number of thioether (sulfide) groups is 1. The van der Waals surface area contributed by atoms with Crippen LogP contribution >= 0.6 is 34.7 Å². The minimum atomic E-state index is -0.160. The number of rotatable bonds is 5. The SMILES string of the molecule is CSc1cccc(Nc2nc(N)c(C(=O)c3ccc(Cl)cc3)s2)c1. The van der Waals surface area contributed by atoms with E-state index in [1.807, 2.05) is 30.5 Å². The van der Waals surface area contributed by atoms with Gasteiger partial charge in [0.15, 0.2) is 5.13 Å². The number of aromatic nitrogens is 1. The molecular formula is C17H14ClN3OS2. The zero-order chi connectivity index (χ0) is 17.1. The molecule has 0 aliphatic rings. The van der Waals surface area contributed by atoms with Crippen LogP contribution in [0.4, 0.5) is 16.6 Å². The van der Waals surface area contributed by atoms with E-state index in [9.17, 15) is 4.79 Å². The van der Waals surface area contributed by atoms with Crippen molar-refractivity contribution in [2.24, 2.45) is 0 Å². The number of anilines is 3. The highest BCUT2D eigenvalue weighted by Gasteiger charge is 2.18. The molecule has 1 aromatic heterocycles. The number of ketones is 1. The van der Waals surface area contributed by atoms with E-state index in [1.54, 1.807) is 36.0 Å². The molecule has 0 fully saturated rings. The van der Waals surface area contributed by atoms with Gasteiger partial charge in [-0.05, 0) is 48.7 Å². The summed E-state index contributed by atoms with van der Waals surface area (Å²) in [6, 6.07) is 14.7. The molecule has 0 unspecified atom stereocenters. The van der Waals surface area contributed by atoms with Gasteiger partial charge in [0.1, 0.15) is 10.7 Å². The number of hydrogen-bond donors (Lipinski definition) is 2. The van der Waals surface area contributed by atoms with Crippen LogP contribution in [0.2, 0.25) is 5.02 Å². The average molecular weight is 376 g/mol. The Morgan fingerprint density at radius 1 is 1.25 bits per heavy atom. The molecule has 0 saturated carbocycles. The van der Waals surface area contributed by atoms with Crippen LogP contribution < -0.4 is 11.1 Å². The number of benzene rings is 2. The summed E-state index contributed by atoms with van der Waals surface area (Å²) in [5, 5.41) is 4.37. The Labute approximate surface area is 153 Å². The van der Waals surface area contributed by atoms with Crippen LogP contribution in [0.1, 0.15) is 15.2 Å². The van der Waals surface area contributed by atoms with Gasteiger partial charge in [-0.3, -0.25) is 4.79 Å². The molecule has 0 aliphatic carbocycles. The van der Waals surface area contributed by atoms with Crippen LogP contribution in [0.3, 0.4) is 0 Å². The standard InChI is InChI=1S/C17H14ClN3OS2/c1-23-13-4-2-3-12(9-13)20-17-21-16(19)15(24-17)14(22)10-5-7-11(18)8-6-10/h2-9H,19H2,1H3,(H,20,21). The summed E-state index contributed by atoms with van der Waals surface area (Å²) in [6.07, 6.45) is 2.02. The van der Waals surface area contributed by atoms with Gasteiger partial charge in [-0.2, -0.15) is 0 Å². The van der Waals surface area contributed by atoms with Gasteiger partial charge in [0.2, 0.25) is 5.78 Å². The lowest BCUT2D eigenvalue weighted by atomic mass is 10.1. The van der Waals surface area contributed by atoms with Crippen LogP contribution in [0.5, 0.6) is 0 Å². The van der Waals surface area contributed by atoms with Crippen molar-refractivity contribution < 1.29 is 4.79 Å². The van der Waals surface area contributed by atoms with Crippen molar-refractivity contribution in [3.05, 3.63) is 64.0 Å². The summed E-state index contributed by atoms with van der Waals surface area (Å²) in [5.41, 5.74) is 7.36. The van der Waals surface area contributed by atoms with Crippen molar-refractivity contribution in [1.82, 2.24) is 4.98 Å². The fourth-order valence-electron chi connectivity index (χ4n) is 2.10. The van der Waals surface area contributed by atoms with E-state index in [2.05, 4.69) is 10.3 Å². The molecule has 0 saturated heterocycles. The monoisotopic (exact) mass is 375 g/mol. The second-order valence-electron chi connectivity index (χ2n) is 4.93. The Kier molecular flexibility index (Phi) is 5.08. The smallest absolute Gasteiger partial charge is 0.206 e. The number of hydrogen-bond acceptors (Lipinski definition) is 6. The van der Waals surface area contributed by atoms with Gasteiger partial charge in [0, 0.05) is 21.2 Å². The molecular weight excluding hydrogens is 362 g/mol. The first kappa shape index (κ1) is 16.8. The number of nitrogen functional groups attached to an aromatic ring is 1. The molecule has 1 heterocycles. The van der Waals surface area contributed by atoms with Crippen molar-refractivity contribution in [2.45, 2.75) is 4.90 Å². The number of nitrogens with two attached hydrogens (primary N) is 1. The summed E-state index contributed by atoms with van der Waals surface area (Å²) in [5.74, 6) is 0.0658. The first-order valence-corrected chi connectivity index (χ1v) is 9.46. The molecule has 0 atom stereocenters. The van der Waals surface area contributed by atoms with Crippen LogP contribution in [0.15, 0.2) is 53.4 Å². The zero-order valence-electron chi connectivity index (χ0n) is 12.7. The van der Waals surface area contributed by atoms with Crippen molar-refractivity contribution in [3.8, 4) is 0 Å². The van der Waals surface area contributed by atoms with Crippen molar-refractivity contribution >= 4 is 57.1 Å². The van der Waals surface area contributed by atoms with E-state index < -0.39 is 0 Å². The van der Waals surface area contributed by atoms with E-state index in [0.29, 0.717) is 20.6 Å². The van der Waals surface area contributed by atoms with E-state index in [1.165, 1.54) is 11.3 Å². The van der Waals surface area contributed by atoms with Gasteiger partial charge in [-0.15, -0.1) is 11.8 Å². The normalized spacial score (nSPS) is 10.6. The highest BCUT2D eigenvalue weighted by Crippen LogP contribution is 2.30. The summed E-state index contributed by atoms with van der Waals surface area (Å²) in [6.45, 7) is 0. The molecule has 3 rings (SSSR count). The maximum absolute atomic E-state index is 12.6. The highest BCUT2D eigenvalue weighted by atomic mass is 35.5. The Morgan fingerprint density at radius 3 is 2.71 bits per heavy atom. The summed E-state index contributed by atoms with van der Waals surface area (Å²) in [4.78, 5) is 18.4. The van der Waals surface area contributed by atoms with E-state index in [4.69, 9.17) is 17.3 Å². The molecule has 7 heteroatoms. The maximum atomic E-state index is 12.6. The zero-order valence-corrected chi connectivity index (χ0v) is 15.1. The first-order valence-electron chi connectivity index (χ1n) is 7.04. The lowest BCUT2D eigenvalue weighted by Crippen LogP contribution is -2.02. The topological polar surface area (TPSA) is 68.0 Å². The molecule has 4 nitrogen and oxygen atoms in total. The third-order valence-electron chi connectivity index (χ3n) is 3.29. The molecule has 3 N–H and O–H groups in total. The molecule has 3 aromatic rings. The number of carbonyl (C=O) groups is 1. The second-order valence-corrected chi connectivity index (χ2v) is 7.24. The van der Waals surface area contributed by atoms with Crippen molar-refractivity contribution in [1.29, 1.82) is 0 Å². The van der Waals surface area contributed by atoms with Crippen LogP contribution in [-0.4, -0.2) is 17.0 Å². The molecule has 0 radical (unpaired) electrons. The molecule has 0 bridgehead atoms. The van der Waals surface area contributed by atoms with Crippen molar-refractivity contribution in [2.75, 3.05) is 17.3 Å². The molecule has 24 heavy (non-hydrogen) atoms. The fourth-order valence-corrected chi connectivity index (χ4v) is 3.56. The van der Waals surface area contributed by atoms with Gasteiger partial charge >= 0.3 is 0 Å². The first-order chi connectivity index (χ1) is 11.6. The number of carbonyl (C=O) groups excluding carboxylic acids is 1. The number of thiazole rings is 1. The third-order valence-corrected chi connectivity index (χ3v) is 5.25. The summed E-state index contributed by atoms with van der Waals surface area (Å²) >= 11 is 8.75. The van der Waals surface area contributed by atoms with Gasteiger partial charge < -0.3 is 11.1 Å². The van der Waals surface area contributed by atoms with Crippen LogP contribution in [0, 0.1) is 0 Å². The Bertz CT molecular complexity index is 878. The Balaban J connectivity index is 1.84. The third kappa shape index (κ3) is 3.72. The largest absolute Gasteiger partial charge is 0.382 e. The minimum Gasteiger partial charge on any atom is -0.382 e. The molecule has 0 amide bonds. The summed E-state index contributed by atoms with van der Waals surface area (Å²) in [7, 11) is 0. The molecule has 0 aliphatic heterocycles. The lowest BCUT2D eigenvalue weighted by Gasteiger charge is -2.03.